The van der Waals surface area contributed by atoms with Crippen molar-refractivity contribution in [1.82, 2.24) is 9.97 Å². The molecule has 2 rings (SSSR count). The molecular formula is C11H5F5N2S. The van der Waals surface area contributed by atoms with E-state index in [9.17, 15) is 22.0 Å². The van der Waals surface area contributed by atoms with E-state index in [1.54, 1.807) is 0 Å². The molecule has 0 aliphatic carbocycles. The molecule has 1 aromatic heterocycles. The Kier molecular flexibility index (Phi) is 3.36. The maximum absolute atomic E-state index is 13.5. The van der Waals surface area contributed by atoms with E-state index in [-0.39, 0.29) is 16.0 Å². The summed E-state index contributed by atoms with van der Waals surface area (Å²) in [4.78, 5) is 5.77. The van der Waals surface area contributed by atoms with Gasteiger partial charge in [0.25, 0.3) is 0 Å². The molecular weight excluding hydrogens is 287 g/mol. The molecule has 0 atom stereocenters. The third-order valence-electron chi connectivity index (χ3n) is 2.33. The van der Waals surface area contributed by atoms with Gasteiger partial charge in [0.2, 0.25) is 0 Å². The summed E-state index contributed by atoms with van der Waals surface area (Å²) in [5, 5.41) is 0. The monoisotopic (exact) mass is 292 g/mol. The fourth-order valence-electron chi connectivity index (χ4n) is 1.49. The number of alkyl halides is 3. The van der Waals surface area contributed by atoms with Crippen molar-refractivity contribution in [3.8, 4) is 11.3 Å². The van der Waals surface area contributed by atoms with Gasteiger partial charge in [-0.3, -0.25) is 0 Å². The van der Waals surface area contributed by atoms with Gasteiger partial charge in [0.1, 0.15) is 5.82 Å². The zero-order chi connectivity index (χ0) is 14.2. The number of nitrogens with one attached hydrogen (secondary N) is 1. The lowest BCUT2D eigenvalue weighted by atomic mass is 10.1. The molecule has 0 unspecified atom stereocenters. The van der Waals surface area contributed by atoms with Crippen LogP contribution < -0.4 is 0 Å². The molecule has 19 heavy (non-hydrogen) atoms. The molecule has 2 nitrogen and oxygen atoms in total. The number of aromatic nitrogens is 2. The van der Waals surface area contributed by atoms with Gasteiger partial charge in [0.05, 0.1) is 17.5 Å². The standard InChI is InChI=1S/C11H5F5N2S/c12-7-2-1-5(3-6(7)11(14,15)16)9-8(13)4-17-10(19)18-9/h1-4H,(H,17,18,19). The fourth-order valence-corrected chi connectivity index (χ4v) is 1.64. The number of nitrogens with zero attached hydrogens (tertiary/aromatic N) is 1. The number of aromatic amines is 1. The van der Waals surface area contributed by atoms with Crippen LogP contribution >= 0.6 is 12.2 Å². The van der Waals surface area contributed by atoms with Crippen LogP contribution in [0.4, 0.5) is 22.0 Å². The first-order valence-corrected chi connectivity index (χ1v) is 5.32. The quantitative estimate of drug-likeness (QED) is 0.633. The number of hydrogen-bond donors (Lipinski definition) is 1. The zero-order valence-electron chi connectivity index (χ0n) is 9.05. The van der Waals surface area contributed by atoms with E-state index in [0.29, 0.717) is 12.1 Å². The molecule has 0 aliphatic rings. The summed E-state index contributed by atoms with van der Waals surface area (Å²) < 4.78 is 64.1. The minimum Gasteiger partial charge on any atom is -0.328 e. The van der Waals surface area contributed by atoms with Crippen LogP contribution in [0.5, 0.6) is 0 Å². The van der Waals surface area contributed by atoms with E-state index < -0.39 is 23.4 Å². The Balaban J connectivity index is 2.64. The highest BCUT2D eigenvalue weighted by molar-refractivity contribution is 7.71. The summed E-state index contributed by atoms with van der Waals surface area (Å²) in [5.41, 5.74) is -1.91. The molecule has 0 spiro atoms. The van der Waals surface area contributed by atoms with Gasteiger partial charge in [-0.2, -0.15) is 13.2 Å². The van der Waals surface area contributed by atoms with Crippen LogP contribution in [-0.4, -0.2) is 9.97 Å². The molecule has 1 heterocycles. The Bertz CT molecular complexity index is 678. The van der Waals surface area contributed by atoms with Gasteiger partial charge in [-0.05, 0) is 30.4 Å². The highest BCUT2D eigenvalue weighted by atomic mass is 32.1. The first-order valence-electron chi connectivity index (χ1n) is 4.91. The number of halogens is 5. The molecule has 100 valence electrons. The minimum atomic E-state index is -4.86. The van der Waals surface area contributed by atoms with Crippen molar-refractivity contribution in [2.45, 2.75) is 6.18 Å². The highest BCUT2D eigenvalue weighted by Crippen LogP contribution is 2.34. The van der Waals surface area contributed by atoms with E-state index in [1.807, 2.05) is 0 Å². The lowest BCUT2D eigenvalue weighted by molar-refractivity contribution is -0.139. The molecule has 8 heteroatoms. The Morgan fingerprint density at radius 1 is 1.11 bits per heavy atom. The largest absolute Gasteiger partial charge is 0.419 e. The number of benzene rings is 1. The summed E-state index contributed by atoms with van der Waals surface area (Å²) in [6, 6.07) is 2.15. The molecule has 0 fully saturated rings. The normalized spacial score (nSPS) is 11.6. The third kappa shape index (κ3) is 2.78. The SMILES string of the molecule is Fc1ccc(-c2[nH]c(=S)ncc2F)cc1C(F)(F)F. The minimum absolute atomic E-state index is 0.0886. The van der Waals surface area contributed by atoms with Gasteiger partial charge in [-0.15, -0.1) is 0 Å². The van der Waals surface area contributed by atoms with E-state index >= 15 is 0 Å². The average molecular weight is 292 g/mol. The summed E-state index contributed by atoms with van der Waals surface area (Å²) in [6.07, 6.45) is -4.08. The predicted octanol–water partition coefficient (Wildman–Crippen LogP) is 4.10. The van der Waals surface area contributed by atoms with Gasteiger partial charge >= 0.3 is 6.18 Å². The second kappa shape index (κ2) is 4.69. The summed E-state index contributed by atoms with van der Waals surface area (Å²) in [7, 11) is 0. The smallest absolute Gasteiger partial charge is 0.328 e. The van der Waals surface area contributed by atoms with Crippen LogP contribution in [0.25, 0.3) is 11.3 Å². The van der Waals surface area contributed by atoms with Crippen molar-refractivity contribution in [2.75, 3.05) is 0 Å². The highest BCUT2D eigenvalue weighted by Gasteiger charge is 2.34. The van der Waals surface area contributed by atoms with Crippen molar-refractivity contribution in [2.24, 2.45) is 0 Å². The van der Waals surface area contributed by atoms with E-state index in [0.717, 1.165) is 12.3 Å². The number of hydrogen-bond acceptors (Lipinski definition) is 2. The molecule has 0 amide bonds. The molecule has 0 bridgehead atoms. The molecule has 0 saturated heterocycles. The summed E-state index contributed by atoms with van der Waals surface area (Å²) >= 11 is 4.66. The van der Waals surface area contributed by atoms with Gasteiger partial charge < -0.3 is 4.98 Å². The van der Waals surface area contributed by atoms with Crippen LogP contribution in [0, 0.1) is 16.4 Å². The Hall–Kier alpha value is -1.83. The van der Waals surface area contributed by atoms with Crippen molar-refractivity contribution >= 4 is 12.2 Å². The molecule has 1 aromatic carbocycles. The van der Waals surface area contributed by atoms with Gasteiger partial charge in [-0.1, -0.05) is 0 Å². The summed E-state index contributed by atoms with van der Waals surface area (Å²) in [5.74, 6) is -2.31. The van der Waals surface area contributed by atoms with Crippen LogP contribution in [0.2, 0.25) is 0 Å². The Morgan fingerprint density at radius 3 is 2.42 bits per heavy atom. The lowest BCUT2D eigenvalue weighted by Crippen LogP contribution is -2.08. The first kappa shape index (κ1) is 13.6. The van der Waals surface area contributed by atoms with E-state index in [1.165, 1.54) is 0 Å². The van der Waals surface area contributed by atoms with Crippen LogP contribution in [0.15, 0.2) is 24.4 Å². The lowest BCUT2D eigenvalue weighted by Gasteiger charge is -2.10. The van der Waals surface area contributed by atoms with Gasteiger partial charge in [-0.25, -0.2) is 13.8 Å². The van der Waals surface area contributed by atoms with Crippen LogP contribution in [0.3, 0.4) is 0 Å². The van der Waals surface area contributed by atoms with Crippen molar-refractivity contribution in [3.63, 3.8) is 0 Å². The second-order valence-corrected chi connectivity index (χ2v) is 3.99. The average Bonchev–Trinajstić information content (AvgIpc) is 2.31. The molecule has 0 radical (unpaired) electrons. The maximum atomic E-state index is 13.5. The van der Waals surface area contributed by atoms with Gasteiger partial charge in [0, 0.05) is 5.56 Å². The number of rotatable bonds is 1. The molecule has 2 aromatic rings. The Morgan fingerprint density at radius 2 is 1.79 bits per heavy atom. The third-order valence-corrected chi connectivity index (χ3v) is 2.53. The molecule has 0 saturated carbocycles. The van der Waals surface area contributed by atoms with Crippen LogP contribution in [0.1, 0.15) is 5.56 Å². The first-order chi connectivity index (χ1) is 8.79. The maximum Gasteiger partial charge on any atom is 0.419 e. The molecule has 0 aliphatic heterocycles. The van der Waals surface area contributed by atoms with Gasteiger partial charge in [0.15, 0.2) is 10.6 Å². The second-order valence-electron chi connectivity index (χ2n) is 3.60. The fraction of sp³-hybridized carbons (Fsp3) is 0.0909. The molecule has 1 N–H and O–H groups in total. The van der Waals surface area contributed by atoms with Crippen molar-refractivity contribution in [3.05, 3.63) is 46.4 Å². The van der Waals surface area contributed by atoms with Crippen molar-refractivity contribution < 1.29 is 22.0 Å². The topological polar surface area (TPSA) is 28.7 Å². The number of H-pyrrole nitrogens is 1. The summed E-state index contributed by atoms with van der Waals surface area (Å²) in [6.45, 7) is 0. The van der Waals surface area contributed by atoms with E-state index in [2.05, 4.69) is 22.2 Å². The van der Waals surface area contributed by atoms with Crippen LogP contribution in [-0.2, 0) is 6.18 Å². The Labute approximate surface area is 108 Å². The van der Waals surface area contributed by atoms with Crippen molar-refractivity contribution in [1.29, 1.82) is 0 Å². The van der Waals surface area contributed by atoms with E-state index in [4.69, 9.17) is 0 Å². The zero-order valence-corrected chi connectivity index (χ0v) is 9.87. The predicted molar refractivity (Wildman–Crippen MR) is 59.8 cm³/mol.